The number of halogens is 3. The highest BCUT2D eigenvalue weighted by Gasteiger charge is 2.20. The van der Waals surface area contributed by atoms with Crippen LogP contribution in [0, 0.1) is 0 Å². The average Bonchev–Trinajstić information content (AvgIpc) is 2.75. The van der Waals surface area contributed by atoms with Crippen LogP contribution in [-0.4, -0.2) is 15.6 Å². The third-order valence-electron chi connectivity index (χ3n) is 2.87. The molecular weight excluding hydrogens is 363 g/mol. The van der Waals surface area contributed by atoms with Crippen molar-refractivity contribution in [3.63, 3.8) is 0 Å². The summed E-state index contributed by atoms with van der Waals surface area (Å²) < 4.78 is 2.40. The van der Waals surface area contributed by atoms with Crippen LogP contribution in [0.15, 0.2) is 28.9 Å². The lowest BCUT2D eigenvalue weighted by molar-refractivity contribution is 0.0980. The molecule has 0 bridgehead atoms. The van der Waals surface area contributed by atoms with Crippen molar-refractivity contribution < 1.29 is 4.79 Å². The normalized spacial score (nSPS) is 11.1. The van der Waals surface area contributed by atoms with Gasteiger partial charge in [0.2, 0.25) is 0 Å². The smallest absolute Gasteiger partial charge is 0.186 e. The van der Waals surface area contributed by atoms with E-state index in [4.69, 9.17) is 23.2 Å². The molecule has 1 heterocycles. The van der Waals surface area contributed by atoms with E-state index in [-0.39, 0.29) is 18.2 Å². The largest absolute Gasteiger partial charge is 0.292 e. The third kappa shape index (κ3) is 3.25. The van der Waals surface area contributed by atoms with Gasteiger partial charge in [0.15, 0.2) is 5.78 Å². The zero-order valence-electron chi connectivity index (χ0n) is 11.0. The number of aromatic nitrogens is 2. The van der Waals surface area contributed by atoms with E-state index in [1.54, 1.807) is 29.1 Å². The lowest BCUT2D eigenvalue weighted by Gasteiger charge is -2.11. The lowest BCUT2D eigenvalue weighted by Crippen LogP contribution is -2.15. The maximum atomic E-state index is 12.5. The summed E-state index contributed by atoms with van der Waals surface area (Å²) >= 11 is 15.3. The summed E-state index contributed by atoms with van der Waals surface area (Å²) in [4.78, 5) is 12.5. The first-order chi connectivity index (χ1) is 9.40. The Morgan fingerprint density at radius 1 is 1.40 bits per heavy atom. The van der Waals surface area contributed by atoms with Crippen LogP contribution in [0.5, 0.6) is 0 Å². The molecule has 1 aromatic heterocycles. The first kappa shape index (κ1) is 15.5. The molecule has 0 radical (unpaired) electrons. The number of hydrogen-bond acceptors (Lipinski definition) is 2. The van der Waals surface area contributed by atoms with E-state index in [0.717, 1.165) is 5.56 Å². The van der Waals surface area contributed by atoms with Crippen molar-refractivity contribution in [2.24, 2.45) is 0 Å². The fourth-order valence-corrected chi connectivity index (χ4v) is 2.89. The second-order valence-corrected chi connectivity index (χ2v) is 6.41. The second kappa shape index (κ2) is 6.29. The molecule has 0 aliphatic carbocycles. The van der Waals surface area contributed by atoms with Crippen LogP contribution in [0.4, 0.5) is 0 Å². The molecule has 0 saturated heterocycles. The molecule has 0 unspecified atom stereocenters. The summed E-state index contributed by atoms with van der Waals surface area (Å²) in [5.74, 6) is -0.0349. The maximum Gasteiger partial charge on any atom is 0.186 e. The van der Waals surface area contributed by atoms with Crippen LogP contribution in [-0.2, 0) is 6.42 Å². The minimum absolute atomic E-state index is 0.0349. The molecule has 0 saturated carbocycles. The number of carbonyl (C=O) groups is 1. The molecule has 1 aromatic carbocycles. The van der Waals surface area contributed by atoms with Crippen molar-refractivity contribution in [2.45, 2.75) is 26.3 Å². The second-order valence-electron chi connectivity index (χ2n) is 4.72. The fourth-order valence-electron chi connectivity index (χ4n) is 1.92. The van der Waals surface area contributed by atoms with Gasteiger partial charge in [0, 0.05) is 22.5 Å². The van der Waals surface area contributed by atoms with E-state index in [1.165, 1.54) is 0 Å². The standard InChI is InChI=1S/C14H13BrCl2N2O/c1-8(2)19-14(11(15)7-18-19)13(20)5-9-3-4-10(16)6-12(9)17/h3-4,6-8H,5H2,1-2H3. The van der Waals surface area contributed by atoms with Crippen molar-refractivity contribution in [2.75, 3.05) is 0 Å². The van der Waals surface area contributed by atoms with Gasteiger partial charge in [-0.2, -0.15) is 5.10 Å². The van der Waals surface area contributed by atoms with Gasteiger partial charge in [-0.1, -0.05) is 29.3 Å². The quantitative estimate of drug-likeness (QED) is 0.708. The van der Waals surface area contributed by atoms with Crippen LogP contribution in [0.1, 0.15) is 35.9 Å². The Morgan fingerprint density at radius 3 is 2.70 bits per heavy atom. The number of ketones is 1. The highest BCUT2D eigenvalue weighted by molar-refractivity contribution is 9.10. The topological polar surface area (TPSA) is 34.9 Å². The molecule has 0 fully saturated rings. The summed E-state index contributed by atoms with van der Waals surface area (Å²) in [6.45, 7) is 3.96. The maximum absolute atomic E-state index is 12.5. The lowest BCUT2D eigenvalue weighted by atomic mass is 10.1. The zero-order chi connectivity index (χ0) is 14.9. The van der Waals surface area contributed by atoms with Gasteiger partial charge in [-0.05, 0) is 47.5 Å². The van der Waals surface area contributed by atoms with Gasteiger partial charge in [-0.3, -0.25) is 9.48 Å². The van der Waals surface area contributed by atoms with E-state index in [1.807, 2.05) is 13.8 Å². The van der Waals surface area contributed by atoms with E-state index in [9.17, 15) is 4.79 Å². The first-order valence-corrected chi connectivity index (χ1v) is 7.65. The summed E-state index contributed by atoms with van der Waals surface area (Å²) in [7, 11) is 0. The van der Waals surface area contributed by atoms with Gasteiger partial charge in [0.1, 0.15) is 5.69 Å². The molecule has 0 N–H and O–H groups in total. The molecule has 0 aliphatic heterocycles. The number of carbonyl (C=O) groups excluding carboxylic acids is 1. The fraction of sp³-hybridized carbons (Fsp3) is 0.286. The summed E-state index contributed by atoms with van der Waals surface area (Å²) in [5.41, 5.74) is 1.32. The van der Waals surface area contributed by atoms with Gasteiger partial charge >= 0.3 is 0 Å². The number of hydrogen-bond donors (Lipinski definition) is 0. The predicted molar refractivity (Wildman–Crippen MR) is 84.8 cm³/mol. The third-order valence-corrected chi connectivity index (χ3v) is 4.04. The summed E-state index contributed by atoms with van der Waals surface area (Å²) in [5, 5.41) is 5.26. The molecule has 6 heteroatoms. The van der Waals surface area contributed by atoms with E-state index in [0.29, 0.717) is 20.2 Å². The van der Waals surface area contributed by atoms with E-state index < -0.39 is 0 Å². The van der Waals surface area contributed by atoms with Crippen LogP contribution >= 0.6 is 39.1 Å². The van der Waals surface area contributed by atoms with Crippen LogP contribution < -0.4 is 0 Å². The van der Waals surface area contributed by atoms with Crippen molar-refractivity contribution in [1.82, 2.24) is 9.78 Å². The number of Topliss-reactive ketones (excluding diaryl/α,β-unsaturated/α-hetero) is 1. The highest BCUT2D eigenvalue weighted by atomic mass is 79.9. The van der Waals surface area contributed by atoms with Gasteiger partial charge in [0.05, 0.1) is 10.7 Å². The van der Waals surface area contributed by atoms with Crippen molar-refractivity contribution >= 4 is 44.9 Å². The number of nitrogens with zero attached hydrogens (tertiary/aromatic N) is 2. The molecule has 0 atom stereocenters. The Morgan fingerprint density at radius 2 is 2.10 bits per heavy atom. The zero-order valence-corrected chi connectivity index (χ0v) is 14.1. The van der Waals surface area contributed by atoms with Gasteiger partial charge in [0.25, 0.3) is 0 Å². The Balaban J connectivity index is 2.31. The molecule has 2 rings (SSSR count). The minimum Gasteiger partial charge on any atom is -0.292 e. The van der Waals surface area contributed by atoms with E-state index in [2.05, 4.69) is 21.0 Å². The Hall–Kier alpha value is -0.840. The van der Waals surface area contributed by atoms with Crippen molar-refractivity contribution in [3.8, 4) is 0 Å². The molecule has 3 nitrogen and oxygen atoms in total. The molecule has 106 valence electrons. The minimum atomic E-state index is -0.0349. The predicted octanol–water partition coefficient (Wildman–Crippen LogP) is 4.96. The van der Waals surface area contributed by atoms with Crippen molar-refractivity contribution in [1.29, 1.82) is 0 Å². The molecule has 0 spiro atoms. The summed E-state index contributed by atoms with van der Waals surface area (Å²) in [6, 6.07) is 5.25. The Bertz CT molecular complexity index is 653. The van der Waals surface area contributed by atoms with Crippen LogP contribution in [0.2, 0.25) is 10.0 Å². The molecule has 0 amide bonds. The first-order valence-electron chi connectivity index (χ1n) is 6.10. The molecule has 0 aliphatic rings. The van der Waals surface area contributed by atoms with Gasteiger partial charge in [-0.15, -0.1) is 0 Å². The van der Waals surface area contributed by atoms with Gasteiger partial charge < -0.3 is 0 Å². The Kier molecular flexibility index (Phi) is 4.89. The van der Waals surface area contributed by atoms with Crippen molar-refractivity contribution in [3.05, 3.63) is 50.2 Å². The average molecular weight is 376 g/mol. The molecule has 2 aromatic rings. The highest BCUT2D eigenvalue weighted by Crippen LogP contribution is 2.25. The summed E-state index contributed by atoms with van der Waals surface area (Å²) in [6.07, 6.45) is 1.85. The monoisotopic (exact) mass is 374 g/mol. The SMILES string of the molecule is CC(C)n1ncc(Br)c1C(=O)Cc1ccc(Cl)cc1Cl. The Labute approximate surface area is 136 Å². The van der Waals surface area contributed by atoms with E-state index >= 15 is 0 Å². The number of rotatable bonds is 4. The van der Waals surface area contributed by atoms with Gasteiger partial charge in [-0.25, -0.2) is 0 Å². The van der Waals surface area contributed by atoms with Crippen LogP contribution in [0.25, 0.3) is 0 Å². The molecule has 20 heavy (non-hydrogen) atoms. The number of benzene rings is 1. The molecular formula is C14H13BrCl2N2O. The van der Waals surface area contributed by atoms with Crippen LogP contribution in [0.3, 0.4) is 0 Å².